The van der Waals surface area contributed by atoms with E-state index in [2.05, 4.69) is 25.5 Å². The van der Waals surface area contributed by atoms with Crippen molar-refractivity contribution in [3.63, 3.8) is 0 Å². The molecular weight excluding hydrogens is 212 g/mol. The summed E-state index contributed by atoms with van der Waals surface area (Å²) in [5.41, 5.74) is 5.54. The summed E-state index contributed by atoms with van der Waals surface area (Å²) in [6.45, 7) is 7.09. The summed E-state index contributed by atoms with van der Waals surface area (Å²) in [4.78, 5) is 11.2. The Morgan fingerprint density at radius 2 is 2.20 bits per heavy atom. The Morgan fingerprint density at radius 1 is 1.53 bits per heavy atom. The molecule has 1 aliphatic rings. The van der Waals surface area contributed by atoms with Crippen molar-refractivity contribution >= 4 is 17.9 Å². The minimum absolute atomic E-state index is 0.0212. The Bertz CT molecular complexity index is 228. The monoisotopic (exact) mass is 232 g/mol. The molecule has 0 saturated carbocycles. The summed E-state index contributed by atoms with van der Waals surface area (Å²) in [5, 5.41) is 0. The molecule has 0 bridgehead atoms. The number of nitrogens with one attached hydrogen (secondary N) is 1. The molecule has 2 unspecified atom stereocenters. The van der Waals surface area contributed by atoms with Crippen molar-refractivity contribution in [1.29, 1.82) is 0 Å². The Morgan fingerprint density at radius 3 is 2.73 bits per heavy atom. The van der Waals surface area contributed by atoms with Gasteiger partial charge in [-0.25, -0.2) is 0 Å². The van der Waals surface area contributed by atoms with E-state index in [4.69, 9.17) is 10.5 Å². The van der Waals surface area contributed by atoms with Crippen LogP contribution in [-0.2, 0) is 9.53 Å². The first-order valence-electron chi connectivity index (χ1n) is 5.25. The van der Waals surface area contributed by atoms with E-state index < -0.39 is 6.04 Å². The van der Waals surface area contributed by atoms with E-state index in [1.54, 1.807) is 11.9 Å². The Hall–Kier alpha value is -0.260. The van der Waals surface area contributed by atoms with Gasteiger partial charge in [-0.15, -0.1) is 0 Å². The summed E-state index contributed by atoms with van der Waals surface area (Å²) in [6, 6.07) is -0.420. The van der Waals surface area contributed by atoms with Gasteiger partial charge in [-0.1, -0.05) is 11.9 Å². The minimum Gasteiger partial charge on any atom is -0.460 e. The molecule has 0 spiro atoms. The molecule has 0 aliphatic carbocycles. The molecule has 0 aromatic carbocycles. The van der Waals surface area contributed by atoms with E-state index >= 15 is 0 Å². The van der Waals surface area contributed by atoms with Crippen LogP contribution < -0.4 is 10.5 Å². The van der Waals surface area contributed by atoms with E-state index in [-0.39, 0.29) is 16.8 Å². The Labute approximate surface area is 95.4 Å². The second kappa shape index (κ2) is 5.18. The third-order valence-electron chi connectivity index (χ3n) is 2.07. The van der Waals surface area contributed by atoms with Gasteiger partial charge in [0.05, 0.1) is 0 Å². The summed E-state index contributed by atoms with van der Waals surface area (Å²) >= 11 is 1.66. The average molecular weight is 232 g/mol. The molecule has 0 aromatic rings. The van der Waals surface area contributed by atoms with E-state index in [9.17, 15) is 4.79 Å². The van der Waals surface area contributed by atoms with Crippen molar-refractivity contribution in [3.05, 3.63) is 0 Å². The molecular formula is C10H20N2O2S. The van der Waals surface area contributed by atoms with Crippen LogP contribution in [-0.4, -0.2) is 29.4 Å². The van der Waals surface area contributed by atoms with Crippen molar-refractivity contribution in [2.24, 2.45) is 5.73 Å². The molecule has 2 atom stereocenters. The van der Waals surface area contributed by atoms with Crippen molar-refractivity contribution in [2.75, 3.05) is 6.54 Å². The van der Waals surface area contributed by atoms with Gasteiger partial charge in [0.2, 0.25) is 0 Å². The maximum atomic E-state index is 11.2. The lowest BCUT2D eigenvalue weighted by Crippen LogP contribution is -2.43. The van der Waals surface area contributed by atoms with E-state index in [0.29, 0.717) is 6.54 Å². The van der Waals surface area contributed by atoms with Crippen molar-refractivity contribution in [2.45, 2.75) is 50.5 Å². The fraction of sp³-hybridized carbons (Fsp3) is 0.900. The number of carbonyl (C=O) groups is 1. The Balaban J connectivity index is 2.20. The second-order valence-corrected chi connectivity index (χ2v) is 6.52. The fourth-order valence-electron chi connectivity index (χ4n) is 1.29. The summed E-state index contributed by atoms with van der Waals surface area (Å²) in [7, 11) is 0. The SMILES string of the molecule is CC(C)(C)SNCC1CCC(N)C(=O)O1. The van der Waals surface area contributed by atoms with Crippen LogP contribution in [0.2, 0.25) is 0 Å². The molecule has 88 valence electrons. The number of rotatable bonds is 3. The van der Waals surface area contributed by atoms with Crippen molar-refractivity contribution < 1.29 is 9.53 Å². The van der Waals surface area contributed by atoms with E-state index in [1.165, 1.54) is 0 Å². The molecule has 3 N–H and O–H groups in total. The van der Waals surface area contributed by atoms with Gasteiger partial charge in [0.15, 0.2) is 0 Å². The molecule has 0 amide bonds. The molecule has 5 heteroatoms. The normalized spacial score (nSPS) is 27.6. The third kappa shape index (κ3) is 4.86. The number of carbonyl (C=O) groups excluding carboxylic acids is 1. The van der Waals surface area contributed by atoms with E-state index in [0.717, 1.165) is 12.8 Å². The smallest absolute Gasteiger partial charge is 0.323 e. The number of esters is 1. The molecule has 0 radical (unpaired) electrons. The number of hydrogen-bond donors (Lipinski definition) is 2. The first-order valence-corrected chi connectivity index (χ1v) is 6.07. The van der Waals surface area contributed by atoms with Crippen molar-refractivity contribution in [1.82, 2.24) is 4.72 Å². The Kier molecular flexibility index (Phi) is 4.43. The van der Waals surface area contributed by atoms with Gasteiger partial charge in [0, 0.05) is 11.3 Å². The summed E-state index contributed by atoms with van der Waals surface area (Å²) < 4.78 is 8.58. The van der Waals surface area contributed by atoms with Crippen LogP contribution in [0, 0.1) is 0 Å². The van der Waals surface area contributed by atoms with Gasteiger partial charge in [-0.2, -0.15) is 0 Å². The van der Waals surface area contributed by atoms with Crippen LogP contribution in [0.15, 0.2) is 0 Å². The summed E-state index contributed by atoms with van der Waals surface area (Å²) in [6.07, 6.45) is 1.56. The van der Waals surface area contributed by atoms with Crippen LogP contribution in [0.4, 0.5) is 0 Å². The predicted octanol–water partition coefficient (Wildman–Crippen LogP) is 1.06. The number of ether oxygens (including phenoxy) is 1. The highest BCUT2D eigenvalue weighted by Gasteiger charge is 2.27. The molecule has 0 aromatic heterocycles. The van der Waals surface area contributed by atoms with Crippen LogP contribution in [0.25, 0.3) is 0 Å². The maximum absolute atomic E-state index is 11.2. The highest BCUT2D eigenvalue weighted by Crippen LogP contribution is 2.20. The molecule has 1 rings (SSSR count). The van der Waals surface area contributed by atoms with Gasteiger partial charge in [0.1, 0.15) is 12.1 Å². The molecule has 1 saturated heterocycles. The zero-order valence-electron chi connectivity index (χ0n) is 9.58. The molecule has 1 fully saturated rings. The van der Waals surface area contributed by atoms with Crippen LogP contribution in [0.1, 0.15) is 33.6 Å². The van der Waals surface area contributed by atoms with Gasteiger partial charge in [0.25, 0.3) is 0 Å². The summed E-state index contributed by atoms with van der Waals surface area (Å²) in [5.74, 6) is -0.270. The largest absolute Gasteiger partial charge is 0.460 e. The minimum atomic E-state index is -0.420. The van der Waals surface area contributed by atoms with Gasteiger partial charge in [-0.05, 0) is 33.6 Å². The molecule has 1 aliphatic heterocycles. The van der Waals surface area contributed by atoms with Gasteiger partial charge >= 0.3 is 5.97 Å². The standard InChI is InChI=1S/C10H20N2O2S/c1-10(2,3)15-12-6-7-4-5-8(11)9(13)14-7/h7-8,12H,4-6,11H2,1-3H3. The lowest BCUT2D eigenvalue weighted by atomic mass is 10.1. The second-order valence-electron chi connectivity index (χ2n) is 4.81. The fourth-order valence-corrected chi connectivity index (χ4v) is 1.99. The van der Waals surface area contributed by atoms with Gasteiger partial charge < -0.3 is 10.5 Å². The highest BCUT2D eigenvalue weighted by molar-refractivity contribution is 7.98. The first-order chi connectivity index (χ1) is 6.88. The quantitative estimate of drug-likeness (QED) is 0.562. The number of cyclic esters (lactones) is 1. The van der Waals surface area contributed by atoms with Crippen LogP contribution in [0.3, 0.4) is 0 Å². The maximum Gasteiger partial charge on any atom is 0.323 e. The highest BCUT2D eigenvalue weighted by atomic mass is 32.2. The zero-order valence-corrected chi connectivity index (χ0v) is 10.4. The zero-order chi connectivity index (χ0) is 11.5. The number of nitrogens with two attached hydrogens (primary N) is 1. The predicted molar refractivity (Wildman–Crippen MR) is 62.4 cm³/mol. The average Bonchev–Trinajstić information content (AvgIpc) is 2.09. The number of hydrogen-bond acceptors (Lipinski definition) is 5. The lowest BCUT2D eigenvalue weighted by Gasteiger charge is -2.27. The van der Waals surface area contributed by atoms with Crippen LogP contribution >= 0.6 is 11.9 Å². The molecule has 1 heterocycles. The topological polar surface area (TPSA) is 64.3 Å². The molecule has 4 nitrogen and oxygen atoms in total. The van der Waals surface area contributed by atoms with Crippen LogP contribution in [0.5, 0.6) is 0 Å². The van der Waals surface area contributed by atoms with Gasteiger partial charge in [-0.3, -0.25) is 9.52 Å². The van der Waals surface area contributed by atoms with E-state index in [1.807, 2.05) is 0 Å². The first kappa shape index (κ1) is 12.8. The van der Waals surface area contributed by atoms with Crippen molar-refractivity contribution in [3.8, 4) is 0 Å². The lowest BCUT2D eigenvalue weighted by molar-refractivity contribution is -0.155. The molecule has 15 heavy (non-hydrogen) atoms. The third-order valence-corrected chi connectivity index (χ3v) is 3.00.